The van der Waals surface area contributed by atoms with Gasteiger partial charge in [0.15, 0.2) is 23.8 Å². The number of carbonyl (C=O) groups is 3. The van der Waals surface area contributed by atoms with Crippen LogP contribution < -0.4 is 0 Å². The van der Waals surface area contributed by atoms with Crippen LogP contribution in [0.25, 0.3) is 0 Å². The molecule has 2 heterocycles. The molecule has 3 rings (SSSR count). The number of imide groups is 1. The monoisotopic (exact) mass is 595 g/mol. The number of aliphatic hydroxyl groups is 2. The number of carbonyl (C=O) groups excluding carboxylic acids is 3. The second kappa shape index (κ2) is 14.9. The van der Waals surface area contributed by atoms with Crippen molar-refractivity contribution in [2.45, 2.75) is 88.2 Å². The molecule has 38 heavy (non-hydrogen) atoms. The molecule has 2 amide bonds. The van der Waals surface area contributed by atoms with Crippen molar-refractivity contribution in [2.24, 2.45) is 0 Å². The van der Waals surface area contributed by atoms with Gasteiger partial charge < -0.3 is 24.4 Å². The summed E-state index contributed by atoms with van der Waals surface area (Å²) in [5, 5.41) is 20.1. The molecule has 2 aliphatic heterocycles. The molecular formula is C28H38BrNO8. The second-order valence-corrected chi connectivity index (χ2v) is 10.7. The van der Waals surface area contributed by atoms with Crippen LogP contribution in [-0.2, 0) is 30.2 Å². The van der Waals surface area contributed by atoms with Gasteiger partial charge in [0, 0.05) is 20.1 Å². The van der Waals surface area contributed by atoms with Crippen molar-refractivity contribution in [3.63, 3.8) is 0 Å². The third-order valence-electron chi connectivity index (χ3n) is 6.95. The molecule has 2 aliphatic rings. The highest BCUT2D eigenvalue weighted by Gasteiger charge is 2.50. The summed E-state index contributed by atoms with van der Waals surface area (Å²) in [6.07, 6.45) is 5.83. The largest absolute Gasteiger partial charge is 0.447 e. The Morgan fingerprint density at radius 2 is 1.74 bits per heavy atom. The third-order valence-corrected chi connectivity index (χ3v) is 7.80. The van der Waals surface area contributed by atoms with Gasteiger partial charge in [0.25, 0.3) is 5.91 Å². The quantitative estimate of drug-likeness (QED) is 0.291. The Morgan fingerprint density at radius 1 is 1.11 bits per heavy atom. The van der Waals surface area contributed by atoms with Crippen molar-refractivity contribution < 1.29 is 38.8 Å². The van der Waals surface area contributed by atoms with E-state index in [0.29, 0.717) is 12.8 Å². The van der Waals surface area contributed by atoms with Crippen LogP contribution in [0.15, 0.2) is 40.9 Å². The Balaban J connectivity index is 1.61. The second-order valence-electron chi connectivity index (χ2n) is 9.80. The first-order valence-corrected chi connectivity index (χ1v) is 14.1. The van der Waals surface area contributed by atoms with E-state index >= 15 is 0 Å². The number of hydrogen-bond acceptors (Lipinski definition) is 8. The third kappa shape index (κ3) is 7.95. The van der Waals surface area contributed by atoms with Crippen molar-refractivity contribution in [3.8, 4) is 0 Å². The van der Waals surface area contributed by atoms with E-state index < -0.39 is 41.8 Å². The van der Waals surface area contributed by atoms with E-state index in [1.807, 2.05) is 30.3 Å². The molecular weight excluding hydrogens is 558 g/mol. The number of amides is 2. The number of hydrogen-bond donors (Lipinski definition) is 2. The van der Waals surface area contributed by atoms with E-state index in [9.17, 15) is 19.5 Å². The molecule has 0 bridgehead atoms. The minimum atomic E-state index is -1.79. The molecule has 1 saturated heterocycles. The smallest absolute Gasteiger partial charge is 0.417 e. The lowest BCUT2D eigenvalue weighted by Gasteiger charge is -2.38. The Hall–Kier alpha value is -2.11. The lowest BCUT2D eigenvalue weighted by atomic mass is 9.97. The van der Waals surface area contributed by atoms with E-state index in [2.05, 4.69) is 15.9 Å². The number of ketones is 1. The van der Waals surface area contributed by atoms with Gasteiger partial charge in [-0.1, -0.05) is 68.9 Å². The van der Waals surface area contributed by atoms with Crippen LogP contribution >= 0.6 is 15.9 Å². The molecule has 10 heteroatoms. The molecule has 0 spiro atoms. The van der Waals surface area contributed by atoms with Crippen molar-refractivity contribution in [2.75, 3.05) is 20.3 Å². The number of halogens is 1. The number of nitrogens with zero attached hydrogens (tertiary/aromatic N) is 1. The highest BCUT2D eigenvalue weighted by molar-refractivity contribution is 9.11. The fourth-order valence-corrected chi connectivity index (χ4v) is 5.35. The number of unbranched alkanes of at least 4 members (excludes halogenated alkanes) is 7. The molecule has 0 radical (unpaired) electrons. The SMILES string of the molecule is CO[C@@H](C(=O)N1C(=O)OC[C@H]1Cc1ccccc1)[C@H]1O[C@@](O)(CCCCCCCCCCO)C(Br)=CC1=O. The Kier molecular flexibility index (Phi) is 11.9. The lowest BCUT2D eigenvalue weighted by Crippen LogP contribution is -2.56. The molecule has 9 nitrogen and oxygen atoms in total. The number of rotatable bonds is 15. The molecule has 1 aromatic carbocycles. The molecule has 0 unspecified atom stereocenters. The molecule has 210 valence electrons. The average molecular weight is 597 g/mol. The summed E-state index contributed by atoms with van der Waals surface area (Å²) in [7, 11) is 1.26. The molecule has 1 fully saturated rings. The van der Waals surface area contributed by atoms with Crippen LogP contribution in [0.4, 0.5) is 4.79 Å². The van der Waals surface area contributed by atoms with Gasteiger partial charge in [0.05, 0.1) is 10.5 Å². The number of ether oxygens (including phenoxy) is 3. The molecule has 4 atom stereocenters. The van der Waals surface area contributed by atoms with Gasteiger partial charge in [-0.2, -0.15) is 0 Å². The number of aliphatic hydroxyl groups excluding tert-OH is 1. The number of methoxy groups -OCH3 is 1. The van der Waals surface area contributed by atoms with Gasteiger partial charge in [0.1, 0.15) is 6.61 Å². The van der Waals surface area contributed by atoms with Gasteiger partial charge >= 0.3 is 6.09 Å². The van der Waals surface area contributed by atoms with E-state index in [4.69, 9.17) is 19.3 Å². The maximum Gasteiger partial charge on any atom is 0.417 e. The summed E-state index contributed by atoms with van der Waals surface area (Å²) >= 11 is 3.26. The maximum atomic E-state index is 13.5. The van der Waals surface area contributed by atoms with Crippen molar-refractivity contribution in [1.82, 2.24) is 4.90 Å². The zero-order chi connectivity index (χ0) is 27.5. The van der Waals surface area contributed by atoms with Crippen LogP contribution in [0.2, 0.25) is 0 Å². The van der Waals surface area contributed by atoms with Crippen LogP contribution in [0.1, 0.15) is 63.4 Å². The van der Waals surface area contributed by atoms with E-state index in [1.54, 1.807) is 0 Å². The predicted molar refractivity (Wildman–Crippen MR) is 143 cm³/mol. The maximum absolute atomic E-state index is 13.5. The Labute approximate surface area is 232 Å². The zero-order valence-corrected chi connectivity index (χ0v) is 23.4. The summed E-state index contributed by atoms with van der Waals surface area (Å²) in [4.78, 5) is 39.9. The van der Waals surface area contributed by atoms with Crippen LogP contribution in [0, 0.1) is 0 Å². The van der Waals surface area contributed by atoms with Crippen molar-refractivity contribution in [1.29, 1.82) is 0 Å². The summed E-state index contributed by atoms with van der Waals surface area (Å²) in [5.74, 6) is -3.08. The standard InChI is InChI=1S/C28H38BrNO8/c1-36-25(26(33)30-21(19-37-27(30)34)17-20-13-9-8-10-14-20)24-22(32)18-23(29)28(35,38-24)15-11-6-4-2-3-5-7-12-16-31/h8-10,13-14,18,21,24-25,31,35H,2-7,11-12,15-17,19H2,1H3/t21-,24+,25-,28+/m1/s1. The first-order chi connectivity index (χ1) is 18.3. The summed E-state index contributed by atoms with van der Waals surface area (Å²) in [6.45, 7) is 0.266. The van der Waals surface area contributed by atoms with Gasteiger partial charge in [-0.15, -0.1) is 0 Å². The van der Waals surface area contributed by atoms with Gasteiger partial charge in [-0.05, 0) is 46.8 Å². The average Bonchev–Trinajstić information content (AvgIpc) is 3.26. The number of benzene rings is 1. The van der Waals surface area contributed by atoms with Crippen LogP contribution in [0.3, 0.4) is 0 Å². The highest BCUT2D eigenvalue weighted by Crippen LogP contribution is 2.36. The van der Waals surface area contributed by atoms with Gasteiger partial charge in [0.2, 0.25) is 0 Å². The Bertz CT molecular complexity index is 971. The van der Waals surface area contributed by atoms with Crippen LogP contribution in [-0.4, -0.2) is 77.3 Å². The Morgan fingerprint density at radius 3 is 2.37 bits per heavy atom. The normalized spacial score (nSPS) is 24.3. The summed E-state index contributed by atoms with van der Waals surface area (Å²) in [5.41, 5.74) is 0.930. The van der Waals surface area contributed by atoms with E-state index in [-0.39, 0.29) is 24.1 Å². The first-order valence-electron chi connectivity index (χ1n) is 13.3. The first kappa shape index (κ1) is 30.4. The summed E-state index contributed by atoms with van der Waals surface area (Å²) in [6, 6.07) is 8.85. The van der Waals surface area contributed by atoms with Crippen LogP contribution in [0.5, 0.6) is 0 Å². The minimum Gasteiger partial charge on any atom is -0.447 e. The van der Waals surface area contributed by atoms with Crippen molar-refractivity contribution in [3.05, 3.63) is 46.5 Å². The fraction of sp³-hybridized carbons (Fsp3) is 0.607. The van der Waals surface area contributed by atoms with Crippen molar-refractivity contribution >= 4 is 33.7 Å². The molecule has 0 aromatic heterocycles. The summed E-state index contributed by atoms with van der Waals surface area (Å²) < 4.78 is 16.6. The molecule has 1 aromatic rings. The fourth-order valence-electron chi connectivity index (χ4n) is 4.83. The molecule has 0 saturated carbocycles. The van der Waals surface area contributed by atoms with E-state index in [1.165, 1.54) is 13.2 Å². The zero-order valence-electron chi connectivity index (χ0n) is 21.9. The van der Waals surface area contributed by atoms with Gasteiger partial charge in [-0.3, -0.25) is 9.59 Å². The lowest BCUT2D eigenvalue weighted by molar-refractivity contribution is -0.227. The number of cyclic esters (lactones) is 1. The topological polar surface area (TPSA) is 123 Å². The molecule has 2 N–H and O–H groups in total. The predicted octanol–water partition coefficient (Wildman–Crippen LogP) is 4.03. The van der Waals surface area contributed by atoms with Gasteiger partial charge in [-0.25, -0.2) is 9.69 Å². The molecule has 0 aliphatic carbocycles. The minimum absolute atomic E-state index is 0.0339. The highest BCUT2D eigenvalue weighted by atomic mass is 79.9. The van der Waals surface area contributed by atoms with E-state index in [0.717, 1.165) is 55.4 Å².